The smallest absolute Gasteiger partial charge is 0.228 e. The van der Waals surface area contributed by atoms with E-state index in [-0.39, 0.29) is 17.6 Å². The highest BCUT2D eigenvalue weighted by atomic mass is 32.1. The summed E-state index contributed by atoms with van der Waals surface area (Å²) in [6, 6.07) is 15.6. The number of amides is 1. The van der Waals surface area contributed by atoms with Gasteiger partial charge in [0.05, 0.1) is 17.1 Å². The monoisotopic (exact) mass is 419 g/mol. The second-order valence-corrected chi connectivity index (χ2v) is 8.49. The average molecular weight is 420 g/mol. The number of carbonyl (C=O) groups is 2. The molecule has 154 valence electrons. The Morgan fingerprint density at radius 3 is 2.77 bits per heavy atom. The van der Waals surface area contributed by atoms with Gasteiger partial charge in [-0.1, -0.05) is 30.3 Å². The number of carbonyl (C=O) groups excluding carboxylic acids is 2. The average Bonchev–Trinajstić information content (AvgIpc) is 3.29. The Bertz CT molecular complexity index is 1020. The second kappa shape index (κ2) is 9.32. The Kier molecular flexibility index (Phi) is 6.35. The van der Waals surface area contributed by atoms with Crippen LogP contribution < -0.4 is 5.32 Å². The molecule has 0 radical (unpaired) electrons. The van der Waals surface area contributed by atoms with Crippen LogP contribution in [0.4, 0.5) is 5.69 Å². The van der Waals surface area contributed by atoms with Gasteiger partial charge in [0.2, 0.25) is 5.91 Å². The summed E-state index contributed by atoms with van der Waals surface area (Å²) in [6.45, 7) is 4.04. The lowest BCUT2D eigenvalue weighted by Crippen LogP contribution is -2.40. The van der Waals surface area contributed by atoms with Crippen molar-refractivity contribution in [2.75, 3.05) is 18.4 Å². The molecule has 2 heterocycles. The van der Waals surface area contributed by atoms with E-state index in [1.54, 1.807) is 18.3 Å². The van der Waals surface area contributed by atoms with Crippen molar-refractivity contribution >= 4 is 28.7 Å². The van der Waals surface area contributed by atoms with E-state index in [1.807, 2.05) is 59.4 Å². The number of aromatic nitrogens is 1. The molecule has 0 bridgehead atoms. The number of ketones is 1. The molecule has 2 aromatic carbocycles. The van der Waals surface area contributed by atoms with Gasteiger partial charge in [0.15, 0.2) is 5.78 Å². The quantitative estimate of drug-likeness (QED) is 0.580. The standard InChI is InChI=1S/C24H25N3O2S/c1-17(28)20-5-2-4-18(12-20)13-27-11-3-6-21(14-27)24(29)26-22-9-7-19(8-10-22)23-15-30-16-25-23/h2,4-5,7-10,12,15-16,21H,3,6,11,13-14H2,1H3,(H,26,29)/t21-/m1/s1. The van der Waals surface area contributed by atoms with Crippen molar-refractivity contribution in [3.8, 4) is 11.3 Å². The van der Waals surface area contributed by atoms with Crippen molar-refractivity contribution < 1.29 is 9.59 Å². The first-order chi connectivity index (χ1) is 14.6. The van der Waals surface area contributed by atoms with Crippen LogP contribution in [0.2, 0.25) is 0 Å². The largest absolute Gasteiger partial charge is 0.326 e. The van der Waals surface area contributed by atoms with Gasteiger partial charge in [0.25, 0.3) is 0 Å². The zero-order valence-electron chi connectivity index (χ0n) is 17.0. The van der Waals surface area contributed by atoms with E-state index < -0.39 is 0 Å². The molecule has 1 atom stereocenters. The maximum absolute atomic E-state index is 12.8. The van der Waals surface area contributed by atoms with Crippen LogP contribution in [-0.4, -0.2) is 34.7 Å². The van der Waals surface area contributed by atoms with E-state index in [9.17, 15) is 9.59 Å². The Balaban J connectivity index is 1.35. The highest BCUT2D eigenvalue weighted by Crippen LogP contribution is 2.23. The van der Waals surface area contributed by atoms with Crippen molar-refractivity contribution in [2.24, 2.45) is 5.92 Å². The van der Waals surface area contributed by atoms with Crippen LogP contribution in [0.3, 0.4) is 0 Å². The fraction of sp³-hybridized carbons (Fsp3) is 0.292. The van der Waals surface area contributed by atoms with E-state index >= 15 is 0 Å². The van der Waals surface area contributed by atoms with Gasteiger partial charge in [-0.15, -0.1) is 11.3 Å². The van der Waals surface area contributed by atoms with Crippen LogP contribution in [-0.2, 0) is 11.3 Å². The predicted octanol–water partition coefficient (Wildman–Crippen LogP) is 4.86. The summed E-state index contributed by atoms with van der Waals surface area (Å²) >= 11 is 1.57. The van der Waals surface area contributed by atoms with Crippen molar-refractivity contribution in [2.45, 2.75) is 26.3 Å². The lowest BCUT2D eigenvalue weighted by molar-refractivity contribution is -0.121. The number of benzene rings is 2. The van der Waals surface area contributed by atoms with Gasteiger partial charge in [0, 0.05) is 35.3 Å². The summed E-state index contributed by atoms with van der Waals surface area (Å²) in [6.07, 6.45) is 1.89. The Morgan fingerprint density at radius 2 is 2.03 bits per heavy atom. The number of Topliss-reactive ketones (excluding diaryl/α,β-unsaturated/α-hetero) is 1. The minimum absolute atomic E-state index is 0.0343. The van der Waals surface area contributed by atoms with Gasteiger partial charge in [0.1, 0.15) is 0 Å². The van der Waals surface area contributed by atoms with Crippen LogP contribution >= 0.6 is 11.3 Å². The summed E-state index contributed by atoms with van der Waals surface area (Å²) in [5.41, 5.74) is 6.48. The van der Waals surface area contributed by atoms with E-state index in [0.29, 0.717) is 0 Å². The van der Waals surface area contributed by atoms with Crippen LogP contribution in [0.15, 0.2) is 59.4 Å². The molecule has 30 heavy (non-hydrogen) atoms. The van der Waals surface area contributed by atoms with Crippen molar-refractivity contribution in [1.82, 2.24) is 9.88 Å². The Labute approximate surface area is 180 Å². The molecule has 1 aliphatic rings. The number of nitrogens with one attached hydrogen (secondary N) is 1. The van der Waals surface area contributed by atoms with Crippen LogP contribution in [0.25, 0.3) is 11.3 Å². The highest BCUT2D eigenvalue weighted by molar-refractivity contribution is 7.07. The summed E-state index contributed by atoms with van der Waals surface area (Å²) in [7, 11) is 0. The molecule has 0 unspecified atom stereocenters. The zero-order chi connectivity index (χ0) is 20.9. The third kappa shape index (κ3) is 5.01. The molecular weight excluding hydrogens is 394 g/mol. The van der Waals surface area contributed by atoms with E-state index in [1.165, 1.54) is 0 Å². The van der Waals surface area contributed by atoms with Gasteiger partial charge < -0.3 is 5.32 Å². The number of hydrogen-bond acceptors (Lipinski definition) is 5. The molecule has 6 heteroatoms. The lowest BCUT2D eigenvalue weighted by Gasteiger charge is -2.32. The first kappa shape index (κ1) is 20.4. The minimum Gasteiger partial charge on any atom is -0.326 e. The molecule has 4 rings (SSSR count). The molecule has 0 saturated carbocycles. The van der Waals surface area contributed by atoms with Gasteiger partial charge in [-0.05, 0) is 50.1 Å². The molecule has 0 aliphatic carbocycles. The number of thiazole rings is 1. The van der Waals surface area contributed by atoms with Gasteiger partial charge in [-0.2, -0.15) is 0 Å². The molecule has 1 N–H and O–H groups in total. The fourth-order valence-corrected chi connectivity index (χ4v) is 4.44. The highest BCUT2D eigenvalue weighted by Gasteiger charge is 2.26. The number of hydrogen-bond donors (Lipinski definition) is 1. The van der Waals surface area contributed by atoms with Crippen molar-refractivity contribution in [3.05, 3.63) is 70.5 Å². The summed E-state index contributed by atoms with van der Waals surface area (Å²) < 4.78 is 0. The number of piperidine rings is 1. The van der Waals surface area contributed by atoms with Crippen molar-refractivity contribution in [1.29, 1.82) is 0 Å². The molecule has 1 amide bonds. The van der Waals surface area contributed by atoms with E-state index in [4.69, 9.17) is 0 Å². The first-order valence-electron chi connectivity index (χ1n) is 10.2. The number of likely N-dealkylation sites (tertiary alicyclic amines) is 1. The van der Waals surface area contributed by atoms with E-state index in [2.05, 4.69) is 15.2 Å². The molecule has 1 fully saturated rings. The summed E-state index contributed by atoms with van der Waals surface area (Å²) in [5, 5.41) is 5.07. The summed E-state index contributed by atoms with van der Waals surface area (Å²) in [4.78, 5) is 31.1. The van der Waals surface area contributed by atoms with Crippen molar-refractivity contribution in [3.63, 3.8) is 0 Å². The molecule has 1 saturated heterocycles. The normalized spacial score (nSPS) is 16.9. The third-order valence-electron chi connectivity index (χ3n) is 5.50. The first-order valence-corrected chi connectivity index (χ1v) is 11.1. The van der Waals surface area contributed by atoms with Gasteiger partial charge >= 0.3 is 0 Å². The van der Waals surface area contributed by atoms with Crippen LogP contribution in [0.1, 0.15) is 35.7 Å². The maximum Gasteiger partial charge on any atom is 0.228 e. The predicted molar refractivity (Wildman–Crippen MR) is 121 cm³/mol. The SMILES string of the molecule is CC(=O)c1cccc(CN2CCC[C@@H](C(=O)Nc3ccc(-c4cscn4)cc3)C2)c1. The zero-order valence-corrected chi connectivity index (χ0v) is 17.8. The summed E-state index contributed by atoms with van der Waals surface area (Å²) in [5.74, 6) is 0.111. The molecule has 3 aromatic rings. The van der Waals surface area contributed by atoms with Crippen LogP contribution in [0, 0.1) is 5.92 Å². The fourth-order valence-electron chi connectivity index (χ4n) is 3.88. The third-order valence-corrected chi connectivity index (χ3v) is 6.08. The van der Waals surface area contributed by atoms with Gasteiger partial charge in [-0.3, -0.25) is 14.5 Å². The molecular formula is C24H25N3O2S. The number of anilines is 1. The van der Waals surface area contributed by atoms with Gasteiger partial charge in [-0.25, -0.2) is 4.98 Å². The van der Waals surface area contributed by atoms with E-state index in [0.717, 1.165) is 60.5 Å². The van der Waals surface area contributed by atoms with Crippen LogP contribution in [0.5, 0.6) is 0 Å². The Hall–Kier alpha value is -2.83. The minimum atomic E-state index is -0.0343. The maximum atomic E-state index is 12.8. The second-order valence-electron chi connectivity index (χ2n) is 7.77. The Morgan fingerprint density at radius 1 is 1.20 bits per heavy atom. The number of nitrogens with zero attached hydrogens (tertiary/aromatic N) is 2. The lowest BCUT2D eigenvalue weighted by atomic mass is 9.96. The number of rotatable bonds is 6. The molecule has 1 aromatic heterocycles. The molecule has 5 nitrogen and oxygen atoms in total. The topological polar surface area (TPSA) is 62.3 Å². The molecule has 0 spiro atoms. The molecule has 1 aliphatic heterocycles.